The first kappa shape index (κ1) is 16.0. The van der Waals surface area contributed by atoms with Crippen LogP contribution >= 0.6 is 11.3 Å². The van der Waals surface area contributed by atoms with Gasteiger partial charge in [-0.2, -0.15) is 0 Å². The van der Waals surface area contributed by atoms with Gasteiger partial charge in [0, 0.05) is 12.2 Å². The van der Waals surface area contributed by atoms with E-state index in [1.54, 1.807) is 47.4 Å². The zero-order valence-corrected chi connectivity index (χ0v) is 15.0. The maximum absolute atomic E-state index is 12.8. The average molecular weight is 374 g/mol. The third-order valence-electron chi connectivity index (χ3n) is 4.99. The molecule has 5 nitrogen and oxygen atoms in total. The maximum Gasteiger partial charge on any atom is 0.268 e. The lowest BCUT2D eigenvalue weighted by Crippen LogP contribution is -2.30. The summed E-state index contributed by atoms with van der Waals surface area (Å²) in [5.74, 6) is -0.711. The number of anilines is 2. The Morgan fingerprint density at radius 3 is 2.33 bits per heavy atom. The van der Waals surface area contributed by atoms with Gasteiger partial charge in [0.2, 0.25) is 0 Å². The number of hydrogen-bond acceptors (Lipinski definition) is 4. The van der Waals surface area contributed by atoms with Gasteiger partial charge in [0.25, 0.3) is 17.7 Å². The lowest BCUT2D eigenvalue weighted by atomic mass is 10.1. The van der Waals surface area contributed by atoms with Crippen molar-refractivity contribution in [3.63, 3.8) is 0 Å². The normalized spacial score (nSPS) is 15.3. The van der Waals surface area contributed by atoms with Crippen LogP contribution in [0, 0.1) is 0 Å². The fourth-order valence-corrected chi connectivity index (χ4v) is 4.35. The van der Waals surface area contributed by atoms with Crippen molar-refractivity contribution in [3.05, 3.63) is 81.5 Å². The van der Waals surface area contributed by atoms with E-state index in [-0.39, 0.29) is 17.7 Å². The van der Waals surface area contributed by atoms with Crippen LogP contribution in [0.1, 0.15) is 36.0 Å². The molecule has 2 aliphatic heterocycles. The van der Waals surface area contributed by atoms with Crippen molar-refractivity contribution in [3.8, 4) is 0 Å². The summed E-state index contributed by atoms with van der Waals surface area (Å²) in [5.41, 5.74) is 3.12. The van der Waals surface area contributed by atoms with Gasteiger partial charge in [-0.3, -0.25) is 14.4 Å². The summed E-state index contributed by atoms with van der Waals surface area (Å²) in [6, 6.07) is 15.9. The minimum absolute atomic E-state index is 0.0525. The molecule has 132 valence electrons. The number of amides is 3. The van der Waals surface area contributed by atoms with E-state index >= 15 is 0 Å². The number of rotatable bonds is 2. The summed E-state index contributed by atoms with van der Waals surface area (Å²) in [7, 11) is 0. The highest BCUT2D eigenvalue weighted by Gasteiger charge is 2.37. The summed E-state index contributed by atoms with van der Waals surface area (Å²) in [4.78, 5) is 41.9. The van der Waals surface area contributed by atoms with Crippen LogP contribution in [-0.2, 0) is 6.42 Å². The highest BCUT2D eigenvalue weighted by atomic mass is 32.1. The molecule has 0 bridgehead atoms. The number of hydrogen-bond donors (Lipinski definition) is 0. The zero-order chi connectivity index (χ0) is 18.5. The molecule has 0 unspecified atom stereocenters. The van der Waals surface area contributed by atoms with Crippen LogP contribution in [0.4, 0.5) is 11.4 Å². The molecule has 3 heterocycles. The standard InChI is InChI=1S/C21H14N2O3S/c24-19-15-4-1-2-5-16(15)20(25)23(19)14-8-7-13-9-10-22(17(13)12-14)21(26)18-6-3-11-27-18/h1-8,11-12H,9-10H2. The van der Waals surface area contributed by atoms with Crippen molar-refractivity contribution in [2.45, 2.75) is 6.42 Å². The van der Waals surface area contributed by atoms with Gasteiger partial charge in [-0.1, -0.05) is 24.3 Å². The van der Waals surface area contributed by atoms with Crippen molar-refractivity contribution in [2.75, 3.05) is 16.3 Å². The fraction of sp³-hybridized carbons (Fsp3) is 0.0952. The van der Waals surface area contributed by atoms with E-state index in [0.717, 1.165) is 17.7 Å². The Labute approximate surface area is 159 Å². The van der Waals surface area contributed by atoms with Gasteiger partial charge in [-0.25, -0.2) is 4.90 Å². The van der Waals surface area contributed by atoms with Crippen LogP contribution in [0.15, 0.2) is 60.0 Å². The van der Waals surface area contributed by atoms with Crippen LogP contribution in [-0.4, -0.2) is 24.3 Å². The van der Waals surface area contributed by atoms with Gasteiger partial charge >= 0.3 is 0 Å². The topological polar surface area (TPSA) is 57.7 Å². The molecule has 3 aromatic rings. The number of nitrogens with zero attached hydrogens (tertiary/aromatic N) is 2. The quantitative estimate of drug-likeness (QED) is 0.642. The molecule has 0 fully saturated rings. The molecule has 0 spiro atoms. The van der Waals surface area contributed by atoms with Gasteiger partial charge in [-0.05, 0) is 47.7 Å². The first-order valence-electron chi connectivity index (χ1n) is 8.61. The molecule has 0 aliphatic carbocycles. The van der Waals surface area contributed by atoms with Crippen LogP contribution in [0.2, 0.25) is 0 Å². The van der Waals surface area contributed by atoms with Gasteiger partial charge in [0.15, 0.2) is 0 Å². The molecule has 5 rings (SSSR count). The van der Waals surface area contributed by atoms with E-state index in [1.807, 2.05) is 17.5 Å². The Morgan fingerprint density at radius 1 is 0.926 bits per heavy atom. The van der Waals surface area contributed by atoms with Crippen LogP contribution in [0.5, 0.6) is 0 Å². The molecular weight excluding hydrogens is 360 g/mol. The highest BCUT2D eigenvalue weighted by molar-refractivity contribution is 7.12. The van der Waals surface area contributed by atoms with E-state index in [1.165, 1.54) is 16.2 Å². The molecule has 1 aromatic heterocycles. The third kappa shape index (κ3) is 2.34. The smallest absolute Gasteiger partial charge is 0.268 e. The van der Waals surface area contributed by atoms with Crippen molar-refractivity contribution in [2.24, 2.45) is 0 Å². The second-order valence-corrected chi connectivity index (χ2v) is 7.44. The number of imide groups is 1. The van der Waals surface area contributed by atoms with Gasteiger partial charge in [0.1, 0.15) is 0 Å². The van der Waals surface area contributed by atoms with Gasteiger partial charge < -0.3 is 4.90 Å². The molecular formula is C21H14N2O3S. The van der Waals surface area contributed by atoms with Gasteiger partial charge in [0.05, 0.1) is 21.7 Å². The Kier molecular flexibility index (Phi) is 3.48. The average Bonchev–Trinajstić information content (AvgIpc) is 3.41. The van der Waals surface area contributed by atoms with Crippen molar-refractivity contribution in [1.82, 2.24) is 0 Å². The molecule has 0 saturated carbocycles. The van der Waals surface area contributed by atoms with Gasteiger partial charge in [-0.15, -0.1) is 11.3 Å². The Morgan fingerprint density at radius 2 is 1.67 bits per heavy atom. The van der Waals surface area contributed by atoms with Crippen molar-refractivity contribution in [1.29, 1.82) is 0 Å². The monoisotopic (exact) mass is 374 g/mol. The Bertz CT molecular complexity index is 1070. The molecule has 0 N–H and O–H groups in total. The predicted molar refractivity (Wildman–Crippen MR) is 104 cm³/mol. The molecule has 0 atom stereocenters. The molecule has 27 heavy (non-hydrogen) atoms. The zero-order valence-electron chi connectivity index (χ0n) is 14.2. The summed E-state index contributed by atoms with van der Waals surface area (Å²) in [6.45, 7) is 0.595. The van der Waals surface area contributed by atoms with Crippen LogP contribution in [0.25, 0.3) is 0 Å². The second kappa shape index (κ2) is 5.89. The molecule has 0 saturated heterocycles. The van der Waals surface area contributed by atoms with Crippen LogP contribution < -0.4 is 9.80 Å². The largest absolute Gasteiger partial charge is 0.307 e. The molecule has 3 amide bonds. The van der Waals surface area contributed by atoms with E-state index in [9.17, 15) is 14.4 Å². The molecule has 0 radical (unpaired) electrons. The highest BCUT2D eigenvalue weighted by Crippen LogP contribution is 2.36. The summed E-state index contributed by atoms with van der Waals surface area (Å²) >= 11 is 1.40. The minimum atomic E-state index is -0.329. The minimum Gasteiger partial charge on any atom is -0.307 e. The number of fused-ring (bicyclic) bond motifs is 2. The number of carbonyl (C=O) groups is 3. The fourth-order valence-electron chi connectivity index (χ4n) is 3.67. The molecule has 2 aliphatic rings. The maximum atomic E-state index is 12.8. The number of carbonyl (C=O) groups excluding carboxylic acids is 3. The summed E-state index contributed by atoms with van der Waals surface area (Å²) in [5, 5.41) is 1.87. The van der Waals surface area contributed by atoms with E-state index in [4.69, 9.17) is 0 Å². The SMILES string of the molecule is O=C(c1cccs1)N1CCc2ccc(N3C(=O)c4ccccc4C3=O)cc21. The first-order valence-corrected chi connectivity index (χ1v) is 9.49. The van der Waals surface area contributed by atoms with Crippen LogP contribution in [0.3, 0.4) is 0 Å². The lowest BCUT2D eigenvalue weighted by molar-refractivity contribution is 0.0925. The number of benzene rings is 2. The van der Waals surface area contributed by atoms with E-state index < -0.39 is 0 Å². The molecule has 2 aromatic carbocycles. The summed E-state index contributed by atoms with van der Waals surface area (Å²) < 4.78 is 0. The Balaban J connectivity index is 1.54. The molecule has 6 heteroatoms. The Hall–Kier alpha value is -3.25. The lowest BCUT2D eigenvalue weighted by Gasteiger charge is -2.19. The predicted octanol–water partition coefficient (Wildman–Crippen LogP) is 3.75. The third-order valence-corrected chi connectivity index (χ3v) is 5.85. The van der Waals surface area contributed by atoms with E-state index in [2.05, 4.69) is 0 Å². The summed E-state index contributed by atoms with van der Waals surface area (Å²) in [6.07, 6.45) is 0.759. The number of thiophene rings is 1. The first-order chi connectivity index (χ1) is 13.1. The second-order valence-electron chi connectivity index (χ2n) is 6.49. The van der Waals surface area contributed by atoms with Crippen molar-refractivity contribution < 1.29 is 14.4 Å². The van der Waals surface area contributed by atoms with Crippen molar-refractivity contribution >= 4 is 40.4 Å². The van der Waals surface area contributed by atoms with E-state index in [0.29, 0.717) is 28.2 Å².